The second-order valence-corrected chi connectivity index (χ2v) is 11.3. The van der Waals surface area contributed by atoms with E-state index in [2.05, 4.69) is 5.32 Å². The lowest BCUT2D eigenvalue weighted by Crippen LogP contribution is -2.36. The summed E-state index contributed by atoms with van der Waals surface area (Å²) in [7, 11) is 3.11. The lowest BCUT2D eigenvalue weighted by Gasteiger charge is -2.21. The molecule has 1 saturated heterocycles. The molecule has 0 aromatic heterocycles. The second-order valence-electron chi connectivity index (χ2n) is 10.3. The van der Waals surface area contributed by atoms with Crippen LogP contribution >= 0.6 is 11.8 Å². The maximum absolute atomic E-state index is 13.7. The zero-order chi connectivity index (χ0) is 31.5. The number of carbonyl (C=O) groups excluding carboxylic acids is 4. The van der Waals surface area contributed by atoms with E-state index in [9.17, 15) is 19.2 Å². The van der Waals surface area contributed by atoms with Crippen LogP contribution in [0.5, 0.6) is 11.5 Å². The van der Waals surface area contributed by atoms with Gasteiger partial charge >= 0.3 is 0 Å². The molecule has 0 spiro atoms. The van der Waals surface area contributed by atoms with E-state index >= 15 is 0 Å². The van der Waals surface area contributed by atoms with E-state index in [1.807, 2.05) is 66.7 Å². The molecular formula is C34H28N4O6S. The minimum Gasteiger partial charge on any atom is -0.497 e. The molecule has 2 heterocycles. The number of amides is 4. The third-order valence-corrected chi connectivity index (χ3v) is 8.43. The number of rotatable bonds is 8. The van der Waals surface area contributed by atoms with Crippen molar-refractivity contribution in [1.29, 1.82) is 0 Å². The van der Waals surface area contributed by atoms with Crippen LogP contribution in [0.2, 0.25) is 0 Å². The zero-order valence-electron chi connectivity index (χ0n) is 24.4. The number of anilines is 1. The molecule has 10 nitrogen and oxygen atoms in total. The average molecular weight is 621 g/mol. The molecule has 0 aliphatic carbocycles. The molecule has 45 heavy (non-hydrogen) atoms. The van der Waals surface area contributed by atoms with Crippen molar-refractivity contribution in [2.24, 2.45) is 5.10 Å². The highest BCUT2D eigenvalue weighted by molar-refractivity contribution is 8.18. The van der Waals surface area contributed by atoms with Crippen LogP contribution in [0, 0.1) is 0 Å². The highest BCUT2D eigenvalue weighted by atomic mass is 32.2. The van der Waals surface area contributed by atoms with Crippen molar-refractivity contribution >= 4 is 56.9 Å². The molecule has 11 heteroatoms. The standard InChI is InChI=1S/C34H28N4O6S/c1-43-26-13-9-22(10-14-26)29-18-28(24-8-7-21-5-3-4-6-23(21)17-24)36-38(29)32(40)19-30-33(41)37(34(42)45-30)20-31(39)35-25-11-15-27(44-2)16-12-25/h3-17,19,29H,18,20H2,1-2H3,(H,35,39)/b30-19-. The fourth-order valence-electron chi connectivity index (χ4n) is 5.18. The first-order valence-corrected chi connectivity index (χ1v) is 14.9. The number of carbonyl (C=O) groups is 4. The van der Waals surface area contributed by atoms with Gasteiger partial charge in [0.15, 0.2) is 0 Å². The Morgan fingerprint density at radius 2 is 1.58 bits per heavy atom. The fourth-order valence-corrected chi connectivity index (χ4v) is 5.98. The van der Waals surface area contributed by atoms with Gasteiger partial charge in [0.25, 0.3) is 17.1 Å². The maximum Gasteiger partial charge on any atom is 0.294 e. The summed E-state index contributed by atoms with van der Waals surface area (Å²) in [4.78, 5) is 53.0. The van der Waals surface area contributed by atoms with Gasteiger partial charge in [-0.15, -0.1) is 0 Å². The molecule has 1 N–H and O–H groups in total. The first-order chi connectivity index (χ1) is 21.8. The number of nitrogens with one attached hydrogen (secondary N) is 1. The predicted molar refractivity (Wildman–Crippen MR) is 172 cm³/mol. The molecule has 226 valence electrons. The van der Waals surface area contributed by atoms with Crippen LogP contribution in [0.15, 0.2) is 107 Å². The molecule has 6 rings (SSSR count). The maximum atomic E-state index is 13.7. The third-order valence-electron chi connectivity index (χ3n) is 7.52. The molecule has 0 bridgehead atoms. The monoisotopic (exact) mass is 620 g/mol. The Morgan fingerprint density at radius 3 is 2.27 bits per heavy atom. The van der Waals surface area contributed by atoms with Gasteiger partial charge in [-0.25, -0.2) is 5.01 Å². The Kier molecular flexibility index (Phi) is 8.35. The number of imide groups is 1. The summed E-state index contributed by atoms with van der Waals surface area (Å²) in [6, 6.07) is 27.6. The van der Waals surface area contributed by atoms with E-state index in [0.29, 0.717) is 41.1 Å². The molecule has 1 fully saturated rings. The largest absolute Gasteiger partial charge is 0.497 e. The fraction of sp³-hybridized carbons (Fsp3) is 0.147. The molecule has 1 unspecified atom stereocenters. The highest BCUT2D eigenvalue weighted by Gasteiger charge is 2.39. The highest BCUT2D eigenvalue weighted by Crippen LogP contribution is 2.36. The average Bonchev–Trinajstić information content (AvgIpc) is 3.62. The predicted octanol–water partition coefficient (Wildman–Crippen LogP) is 5.75. The van der Waals surface area contributed by atoms with Gasteiger partial charge in [-0.05, 0) is 76.1 Å². The van der Waals surface area contributed by atoms with E-state index < -0.39 is 35.5 Å². The number of fused-ring (bicyclic) bond motifs is 1. The van der Waals surface area contributed by atoms with Crippen molar-refractivity contribution in [2.45, 2.75) is 12.5 Å². The molecular weight excluding hydrogens is 592 g/mol. The van der Waals surface area contributed by atoms with Crippen LogP contribution in [0.1, 0.15) is 23.6 Å². The van der Waals surface area contributed by atoms with Crippen molar-refractivity contribution in [3.63, 3.8) is 0 Å². The van der Waals surface area contributed by atoms with Gasteiger partial charge in [-0.2, -0.15) is 5.10 Å². The summed E-state index contributed by atoms with van der Waals surface area (Å²) in [5, 5.41) is 10.2. The van der Waals surface area contributed by atoms with Crippen LogP contribution in [-0.4, -0.2) is 59.3 Å². The Hall–Kier alpha value is -5.42. The molecule has 4 aromatic rings. The van der Waals surface area contributed by atoms with Crippen LogP contribution in [0.3, 0.4) is 0 Å². The zero-order valence-corrected chi connectivity index (χ0v) is 25.2. The van der Waals surface area contributed by atoms with Crippen molar-refractivity contribution in [3.8, 4) is 11.5 Å². The van der Waals surface area contributed by atoms with Gasteiger partial charge in [-0.1, -0.05) is 48.5 Å². The molecule has 1 atom stereocenters. The number of benzene rings is 4. The molecule has 0 saturated carbocycles. The van der Waals surface area contributed by atoms with E-state index in [-0.39, 0.29) is 4.91 Å². The first kappa shape index (κ1) is 29.6. The van der Waals surface area contributed by atoms with E-state index in [0.717, 1.165) is 32.9 Å². The number of hydrazone groups is 1. The topological polar surface area (TPSA) is 118 Å². The molecule has 2 aliphatic rings. The number of hydrogen-bond acceptors (Lipinski definition) is 8. The van der Waals surface area contributed by atoms with Crippen molar-refractivity contribution in [1.82, 2.24) is 9.91 Å². The number of methoxy groups -OCH3 is 2. The number of thioether (sulfide) groups is 1. The van der Waals surface area contributed by atoms with Crippen molar-refractivity contribution in [2.75, 3.05) is 26.1 Å². The van der Waals surface area contributed by atoms with Gasteiger partial charge in [0.1, 0.15) is 18.0 Å². The number of nitrogens with zero attached hydrogens (tertiary/aromatic N) is 3. The molecule has 0 radical (unpaired) electrons. The Morgan fingerprint density at radius 1 is 0.911 bits per heavy atom. The Labute approximate surface area is 263 Å². The van der Waals surface area contributed by atoms with E-state index in [1.165, 1.54) is 12.1 Å². The number of ether oxygens (including phenoxy) is 2. The molecule has 4 amide bonds. The van der Waals surface area contributed by atoms with Gasteiger partial charge in [0.05, 0.1) is 30.9 Å². The second kappa shape index (κ2) is 12.7. The first-order valence-electron chi connectivity index (χ1n) is 14.1. The summed E-state index contributed by atoms with van der Waals surface area (Å²) in [6.45, 7) is -0.495. The van der Waals surface area contributed by atoms with E-state index in [1.54, 1.807) is 31.4 Å². The number of hydrogen-bond donors (Lipinski definition) is 1. The SMILES string of the molecule is COc1ccc(NC(=O)CN2C(=O)S/C(=C\C(=O)N3N=C(c4ccc5ccccc5c4)CC3c3ccc(OC)cc3)C2=O)cc1. The molecule has 4 aromatic carbocycles. The van der Waals surface area contributed by atoms with Crippen molar-refractivity contribution < 1.29 is 28.7 Å². The quantitative estimate of drug-likeness (QED) is 0.249. The van der Waals surface area contributed by atoms with Gasteiger partial charge in [0, 0.05) is 18.2 Å². The normalized spacial score (nSPS) is 17.2. The summed E-state index contributed by atoms with van der Waals surface area (Å²) in [6.07, 6.45) is 1.56. The Balaban J connectivity index is 1.23. The summed E-state index contributed by atoms with van der Waals surface area (Å²) >= 11 is 0.612. The smallest absolute Gasteiger partial charge is 0.294 e. The summed E-state index contributed by atoms with van der Waals surface area (Å²) < 4.78 is 10.4. The van der Waals surface area contributed by atoms with Crippen LogP contribution in [0.4, 0.5) is 10.5 Å². The van der Waals surface area contributed by atoms with Crippen molar-refractivity contribution in [3.05, 3.63) is 113 Å². The van der Waals surface area contributed by atoms with Crippen LogP contribution < -0.4 is 14.8 Å². The van der Waals surface area contributed by atoms with Gasteiger partial charge < -0.3 is 14.8 Å². The van der Waals surface area contributed by atoms with Gasteiger partial charge in [0.2, 0.25) is 5.91 Å². The summed E-state index contributed by atoms with van der Waals surface area (Å²) in [5.74, 6) is -0.537. The lowest BCUT2D eigenvalue weighted by molar-refractivity contribution is -0.129. The van der Waals surface area contributed by atoms with Crippen LogP contribution in [0.25, 0.3) is 10.8 Å². The third kappa shape index (κ3) is 6.29. The van der Waals surface area contributed by atoms with E-state index in [4.69, 9.17) is 14.6 Å². The van der Waals surface area contributed by atoms with Crippen LogP contribution in [-0.2, 0) is 14.4 Å². The molecule has 2 aliphatic heterocycles. The Bertz CT molecular complexity index is 1870. The minimum absolute atomic E-state index is 0.0786. The minimum atomic E-state index is -0.720. The lowest BCUT2D eigenvalue weighted by atomic mass is 9.97. The van der Waals surface area contributed by atoms with Gasteiger partial charge in [-0.3, -0.25) is 24.1 Å². The summed E-state index contributed by atoms with van der Waals surface area (Å²) in [5.41, 5.74) is 2.91.